The van der Waals surface area contributed by atoms with Crippen LogP contribution in [-0.2, 0) is 14.4 Å². The van der Waals surface area contributed by atoms with E-state index in [1.54, 1.807) is 30.0 Å². The molecule has 0 N–H and O–H groups in total. The highest BCUT2D eigenvalue weighted by Gasteiger charge is 2.46. The summed E-state index contributed by atoms with van der Waals surface area (Å²) in [6.45, 7) is 6.63. The molecule has 23 heavy (non-hydrogen) atoms. The van der Waals surface area contributed by atoms with Gasteiger partial charge in [-0.05, 0) is 26.8 Å². The van der Waals surface area contributed by atoms with Gasteiger partial charge in [0.25, 0.3) is 5.91 Å². The zero-order chi connectivity index (χ0) is 16.6. The smallest absolute Gasteiger partial charge is 0.269 e. The average Bonchev–Trinajstić information content (AvgIpc) is 2.89. The SMILES string of the molecule is C[C@@H]1CN(C(=O)[C@]2(C)CC(c3ccccc3F)=NO2)C[C@H](C)O1. The maximum absolute atomic E-state index is 13.9. The molecule has 0 aromatic heterocycles. The normalized spacial score (nSPS) is 30.8. The Morgan fingerprint density at radius 3 is 2.61 bits per heavy atom. The summed E-state index contributed by atoms with van der Waals surface area (Å²) in [6, 6.07) is 6.38. The zero-order valence-corrected chi connectivity index (χ0v) is 13.6. The van der Waals surface area contributed by atoms with Crippen molar-refractivity contribution in [1.29, 1.82) is 0 Å². The van der Waals surface area contributed by atoms with Crippen molar-refractivity contribution in [2.75, 3.05) is 13.1 Å². The van der Waals surface area contributed by atoms with Crippen molar-refractivity contribution in [3.63, 3.8) is 0 Å². The largest absolute Gasteiger partial charge is 0.379 e. The van der Waals surface area contributed by atoms with Gasteiger partial charge in [-0.15, -0.1) is 0 Å². The summed E-state index contributed by atoms with van der Waals surface area (Å²) in [5.41, 5.74) is -0.241. The van der Waals surface area contributed by atoms with E-state index in [0.29, 0.717) is 24.4 Å². The summed E-state index contributed by atoms with van der Waals surface area (Å²) >= 11 is 0. The fourth-order valence-electron chi connectivity index (χ4n) is 3.17. The van der Waals surface area contributed by atoms with Gasteiger partial charge in [0.2, 0.25) is 5.60 Å². The van der Waals surface area contributed by atoms with Crippen molar-refractivity contribution >= 4 is 11.6 Å². The molecule has 2 aliphatic heterocycles. The van der Waals surface area contributed by atoms with Crippen molar-refractivity contribution in [1.82, 2.24) is 4.90 Å². The summed E-state index contributed by atoms with van der Waals surface area (Å²) in [5.74, 6) is -0.491. The molecule has 6 heteroatoms. The topological polar surface area (TPSA) is 51.1 Å². The Morgan fingerprint density at radius 1 is 1.30 bits per heavy atom. The average molecular weight is 320 g/mol. The highest BCUT2D eigenvalue weighted by atomic mass is 19.1. The van der Waals surface area contributed by atoms with E-state index >= 15 is 0 Å². The minimum absolute atomic E-state index is 0.0142. The van der Waals surface area contributed by atoms with E-state index in [4.69, 9.17) is 9.57 Å². The summed E-state index contributed by atoms with van der Waals surface area (Å²) in [4.78, 5) is 20.0. The second kappa shape index (κ2) is 5.92. The first kappa shape index (κ1) is 15.9. The summed E-state index contributed by atoms with van der Waals surface area (Å²) in [6.07, 6.45) is 0.228. The van der Waals surface area contributed by atoms with Gasteiger partial charge in [0, 0.05) is 25.1 Å². The Hall–Kier alpha value is -1.95. The summed E-state index contributed by atoms with van der Waals surface area (Å²) < 4.78 is 19.6. The molecule has 0 aliphatic carbocycles. The van der Waals surface area contributed by atoms with Gasteiger partial charge in [-0.2, -0.15) is 0 Å². The number of carbonyl (C=O) groups is 1. The van der Waals surface area contributed by atoms with Crippen LogP contribution < -0.4 is 0 Å². The molecular weight excluding hydrogens is 299 g/mol. The van der Waals surface area contributed by atoms with Crippen molar-refractivity contribution in [3.8, 4) is 0 Å². The van der Waals surface area contributed by atoms with E-state index in [0.717, 1.165) is 0 Å². The molecule has 5 nitrogen and oxygen atoms in total. The molecule has 124 valence electrons. The number of hydrogen-bond donors (Lipinski definition) is 0. The highest BCUT2D eigenvalue weighted by molar-refractivity contribution is 6.05. The van der Waals surface area contributed by atoms with Gasteiger partial charge in [0.1, 0.15) is 5.82 Å². The number of amides is 1. The molecule has 3 atom stereocenters. The minimum atomic E-state index is -1.09. The quantitative estimate of drug-likeness (QED) is 0.840. The maximum Gasteiger partial charge on any atom is 0.269 e. The standard InChI is InChI=1S/C17H21FN2O3/c1-11-9-20(10-12(2)22-11)16(21)17(3)8-15(19-23-17)13-6-4-5-7-14(13)18/h4-7,11-12H,8-10H2,1-3H3/t11-,12+,17-/m0/s1. The van der Waals surface area contributed by atoms with Crippen LogP contribution >= 0.6 is 0 Å². The van der Waals surface area contributed by atoms with E-state index in [-0.39, 0.29) is 30.4 Å². The number of morpholine rings is 1. The lowest BCUT2D eigenvalue weighted by Crippen LogP contribution is -2.55. The third-order valence-electron chi connectivity index (χ3n) is 4.21. The molecule has 3 rings (SSSR count). The van der Waals surface area contributed by atoms with Crippen LogP contribution in [0.3, 0.4) is 0 Å². The first-order valence-corrected chi connectivity index (χ1v) is 7.84. The lowest BCUT2D eigenvalue weighted by Gasteiger charge is -2.38. The molecule has 2 heterocycles. The van der Waals surface area contributed by atoms with Crippen LogP contribution in [0.4, 0.5) is 4.39 Å². The number of ether oxygens (including phenoxy) is 1. The monoisotopic (exact) mass is 320 g/mol. The van der Waals surface area contributed by atoms with Crippen LogP contribution in [0, 0.1) is 5.82 Å². The third-order valence-corrected chi connectivity index (χ3v) is 4.21. The molecule has 1 aromatic rings. The molecule has 1 amide bonds. The molecule has 1 fully saturated rings. The predicted octanol–water partition coefficient (Wildman–Crippen LogP) is 2.34. The van der Waals surface area contributed by atoms with Gasteiger partial charge in [0.15, 0.2) is 0 Å². The Labute approximate surface area is 135 Å². The molecule has 1 saturated heterocycles. The van der Waals surface area contributed by atoms with Crippen molar-refractivity contribution < 1.29 is 18.8 Å². The molecule has 0 saturated carbocycles. The second-order valence-corrected chi connectivity index (χ2v) is 6.48. The fourth-order valence-corrected chi connectivity index (χ4v) is 3.17. The Balaban J connectivity index is 1.75. The van der Waals surface area contributed by atoms with Crippen LogP contribution in [0.1, 0.15) is 32.8 Å². The van der Waals surface area contributed by atoms with Crippen LogP contribution in [0.5, 0.6) is 0 Å². The Kier molecular flexibility index (Phi) is 4.10. The molecular formula is C17H21FN2O3. The third kappa shape index (κ3) is 3.08. The summed E-state index contributed by atoms with van der Waals surface area (Å²) in [5, 5.41) is 3.97. The highest BCUT2D eigenvalue weighted by Crippen LogP contribution is 2.30. The van der Waals surface area contributed by atoms with E-state index in [2.05, 4.69) is 5.16 Å². The van der Waals surface area contributed by atoms with Gasteiger partial charge in [0.05, 0.1) is 17.9 Å². The molecule has 0 spiro atoms. The van der Waals surface area contributed by atoms with Crippen molar-refractivity contribution in [2.24, 2.45) is 5.16 Å². The fraction of sp³-hybridized carbons (Fsp3) is 0.529. The van der Waals surface area contributed by atoms with Crippen molar-refractivity contribution in [2.45, 2.75) is 45.0 Å². The van der Waals surface area contributed by atoms with Gasteiger partial charge in [-0.3, -0.25) is 4.79 Å². The molecule has 0 unspecified atom stereocenters. The van der Waals surface area contributed by atoms with Crippen LogP contribution in [0.15, 0.2) is 29.4 Å². The van der Waals surface area contributed by atoms with Gasteiger partial charge in [-0.1, -0.05) is 23.4 Å². The number of halogens is 1. The zero-order valence-electron chi connectivity index (χ0n) is 13.6. The van der Waals surface area contributed by atoms with Crippen LogP contribution in [0.2, 0.25) is 0 Å². The summed E-state index contributed by atoms with van der Waals surface area (Å²) in [7, 11) is 0. The number of nitrogens with zero attached hydrogens (tertiary/aromatic N) is 2. The van der Waals surface area contributed by atoms with E-state index in [1.165, 1.54) is 6.07 Å². The number of benzene rings is 1. The van der Waals surface area contributed by atoms with Crippen LogP contribution in [0.25, 0.3) is 0 Å². The lowest BCUT2D eigenvalue weighted by molar-refractivity contribution is -0.164. The van der Waals surface area contributed by atoms with Gasteiger partial charge in [-0.25, -0.2) is 4.39 Å². The number of oxime groups is 1. The minimum Gasteiger partial charge on any atom is -0.379 e. The number of hydrogen-bond acceptors (Lipinski definition) is 4. The maximum atomic E-state index is 13.9. The molecule has 1 aromatic carbocycles. The lowest BCUT2D eigenvalue weighted by atomic mass is 9.94. The van der Waals surface area contributed by atoms with E-state index in [1.807, 2.05) is 13.8 Å². The number of carbonyl (C=O) groups excluding carboxylic acids is 1. The van der Waals surface area contributed by atoms with Gasteiger partial charge < -0.3 is 14.5 Å². The predicted molar refractivity (Wildman–Crippen MR) is 83.6 cm³/mol. The molecule has 0 radical (unpaired) electrons. The molecule has 2 aliphatic rings. The molecule has 0 bridgehead atoms. The number of rotatable bonds is 2. The second-order valence-electron chi connectivity index (χ2n) is 6.48. The Bertz CT molecular complexity index is 638. The van der Waals surface area contributed by atoms with E-state index < -0.39 is 5.60 Å². The van der Waals surface area contributed by atoms with Crippen LogP contribution in [-0.4, -0.2) is 47.4 Å². The van der Waals surface area contributed by atoms with E-state index in [9.17, 15) is 9.18 Å². The first-order valence-electron chi connectivity index (χ1n) is 7.84. The Morgan fingerprint density at radius 2 is 1.96 bits per heavy atom. The first-order chi connectivity index (χ1) is 10.9. The van der Waals surface area contributed by atoms with Crippen molar-refractivity contribution in [3.05, 3.63) is 35.6 Å². The van der Waals surface area contributed by atoms with Gasteiger partial charge >= 0.3 is 0 Å².